The van der Waals surface area contributed by atoms with Crippen molar-refractivity contribution in [1.29, 1.82) is 0 Å². The number of hydrogen-bond acceptors (Lipinski definition) is 5. The van der Waals surface area contributed by atoms with E-state index in [2.05, 4.69) is 15.3 Å². The van der Waals surface area contributed by atoms with Crippen LogP contribution in [0.3, 0.4) is 0 Å². The summed E-state index contributed by atoms with van der Waals surface area (Å²) in [5.74, 6) is -0.707. The van der Waals surface area contributed by atoms with E-state index in [-0.39, 0.29) is 12.3 Å². The third-order valence-electron chi connectivity index (χ3n) is 4.22. The van der Waals surface area contributed by atoms with Crippen LogP contribution in [0, 0.1) is 0 Å². The monoisotopic (exact) mass is 363 g/mol. The van der Waals surface area contributed by atoms with Gasteiger partial charge in [0.15, 0.2) is 0 Å². The molecule has 0 radical (unpaired) electrons. The van der Waals surface area contributed by atoms with Gasteiger partial charge in [-0.2, -0.15) is 0 Å². The topological polar surface area (TPSA) is 81.2 Å². The highest BCUT2D eigenvalue weighted by molar-refractivity contribution is 5.84. The number of nitrogens with zero attached hydrogens (tertiary/aromatic N) is 2. The average molecular weight is 363 g/mol. The zero-order valence-corrected chi connectivity index (χ0v) is 15.1. The van der Waals surface area contributed by atoms with Gasteiger partial charge in [0.05, 0.1) is 23.8 Å². The second-order valence-corrected chi connectivity index (χ2v) is 6.18. The number of esters is 1. The number of fused-ring (bicyclic) bond motifs is 1. The highest BCUT2D eigenvalue weighted by atomic mass is 16.5. The third kappa shape index (κ3) is 5.10. The lowest BCUT2D eigenvalue weighted by Gasteiger charge is -2.16. The zero-order chi connectivity index (χ0) is 19.1. The average Bonchev–Trinajstić information content (AvgIpc) is 2.72. The zero-order valence-electron chi connectivity index (χ0n) is 15.1. The van der Waals surface area contributed by atoms with Gasteiger partial charge in [-0.15, -0.1) is 0 Å². The molecular weight excluding hydrogens is 342 g/mol. The van der Waals surface area contributed by atoms with Gasteiger partial charge in [0.2, 0.25) is 5.91 Å². The smallest absolute Gasteiger partial charge is 0.328 e. The number of aryl methyl sites for hydroxylation is 1. The van der Waals surface area contributed by atoms with Gasteiger partial charge in [0, 0.05) is 19.0 Å². The van der Waals surface area contributed by atoms with E-state index in [1.807, 2.05) is 54.6 Å². The number of para-hydroxylation sites is 2. The summed E-state index contributed by atoms with van der Waals surface area (Å²) in [4.78, 5) is 33.3. The van der Waals surface area contributed by atoms with Crippen molar-refractivity contribution in [3.05, 3.63) is 72.1 Å². The number of benzene rings is 2. The maximum Gasteiger partial charge on any atom is 0.328 e. The number of rotatable bonds is 7. The van der Waals surface area contributed by atoms with Crippen LogP contribution in [-0.4, -0.2) is 35.0 Å². The Morgan fingerprint density at radius 3 is 2.48 bits per heavy atom. The first-order valence-corrected chi connectivity index (χ1v) is 8.77. The summed E-state index contributed by atoms with van der Waals surface area (Å²) in [6, 6.07) is 16.4. The molecule has 0 bridgehead atoms. The summed E-state index contributed by atoms with van der Waals surface area (Å²) in [5, 5.41) is 2.75. The number of amides is 1. The van der Waals surface area contributed by atoms with E-state index in [9.17, 15) is 9.59 Å². The van der Waals surface area contributed by atoms with Crippen molar-refractivity contribution in [3.8, 4) is 0 Å². The maximum absolute atomic E-state index is 12.3. The lowest BCUT2D eigenvalue weighted by molar-refractivity contribution is -0.145. The van der Waals surface area contributed by atoms with Crippen LogP contribution in [0.4, 0.5) is 0 Å². The molecule has 3 rings (SSSR count). The van der Waals surface area contributed by atoms with Crippen molar-refractivity contribution in [2.75, 3.05) is 7.11 Å². The van der Waals surface area contributed by atoms with E-state index in [0.717, 1.165) is 16.6 Å². The molecular formula is C21H21N3O3. The third-order valence-corrected chi connectivity index (χ3v) is 4.22. The van der Waals surface area contributed by atoms with Gasteiger partial charge in [0.25, 0.3) is 0 Å². The molecule has 6 heteroatoms. The Hall–Kier alpha value is -3.28. The molecule has 0 aliphatic rings. The number of aromatic nitrogens is 2. The highest BCUT2D eigenvalue weighted by Crippen LogP contribution is 2.10. The molecule has 0 fully saturated rings. The molecule has 0 aliphatic carbocycles. The summed E-state index contributed by atoms with van der Waals surface area (Å²) in [7, 11) is 1.30. The molecule has 1 heterocycles. The molecule has 0 saturated heterocycles. The van der Waals surface area contributed by atoms with Crippen molar-refractivity contribution in [2.24, 2.45) is 0 Å². The Balaban J connectivity index is 1.65. The Morgan fingerprint density at radius 1 is 1.04 bits per heavy atom. The number of hydrogen-bond donors (Lipinski definition) is 1. The SMILES string of the molecule is COC(=O)[C@@H](Cc1cnc2ccccc2n1)NC(=O)CCc1ccccc1. The molecule has 0 saturated carbocycles. The molecule has 1 N–H and O–H groups in total. The summed E-state index contributed by atoms with van der Waals surface area (Å²) in [6.45, 7) is 0. The molecule has 0 unspecified atom stereocenters. The van der Waals surface area contributed by atoms with Gasteiger partial charge in [0.1, 0.15) is 6.04 Å². The first-order chi connectivity index (χ1) is 13.2. The van der Waals surface area contributed by atoms with E-state index in [0.29, 0.717) is 18.5 Å². The second kappa shape index (κ2) is 8.89. The number of methoxy groups -OCH3 is 1. The molecule has 0 aliphatic heterocycles. The van der Waals surface area contributed by atoms with Crippen LogP contribution in [0.25, 0.3) is 11.0 Å². The molecule has 1 amide bonds. The fourth-order valence-corrected chi connectivity index (χ4v) is 2.81. The first kappa shape index (κ1) is 18.5. The van der Waals surface area contributed by atoms with Crippen LogP contribution < -0.4 is 5.32 Å². The van der Waals surface area contributed by atoms with Crippen molar-refractivity contribution < 1.29 is 14.3 Å². The molecule has 3 aromatic rings. The Bertz CT molecular complexity index is 928. The molecule has 1 aromatic heterocycles. The van der Waals surface area contributed by atoms with Gasteiger partial charge in [-0.25, -0.2) is 9.78 Å². The van der Waals surface area contributed by atoms with Crippen molar-refractivity contribution >= 4 is 22.9 Å². The van der Waals surface area contributed by atoms with E-state index in [1.165, 1.54) is 7.11 Å². The number of nitrogens with one attached hydrogen (secondary N) is 1. The van der Waals surface area contributed by atoms with Gasteiger partial charge < -0.3 is 10.1 Å². The number of ether oxygens (including phenoxy) is 1. The van der Waals surface area contributed by atoms with Crippen LogP contribution in [0.15, 0.2) is 60.8 Å². The second-order valence-electron chi connectivity index (χ2n) is 6.18. The molecule has 2 aromatic carbocycles. The minimum atomic E-state index is -0.797. The van der Waals surface area contributed by atoms with Crippen molar-refractivity contribution in [2.45, 2.75) is 25.3 Å². The lowest BCUT2D eigenvalue weighted by atomic mass is 10.1. The predicted octanol–water partition coefficient (Wildman–Crippen LogP) is 2.46. The maximum atomic E-state index is 12.3. The van der Waals surface area contributed by atoms with Crippen LogP contribution >= 0.6 is 0 Å². The molecule has 6 nitrogen and oxygen atoms in total. The normalized spacial score (nSPS) is 11.7. The standard InChI is InChI=1S/C21H21N3O3/c1-27-21(26)19(24-20(25)12-11-15-7-3-2-4-8-15)13-16-14-22-17-9-5-6-10-18(17)23-16/h2-10,14,19H,11-13H2,1H3,(H,24,25)/t19-/m1/s1. The summed E-state index contributed by atoms with van der Waals surface area (Å²) in [5.41, 5.74) is 3.21. The van der Waals surface area contributed by atoms with Crippen LogP contribution in [0.5, 0.6) is 0 Å². The van der Waals surface area contributed by atoms with Crippen LogP contribution in [0.2, 0.25) is 0 Å². The fourth-order valence-electron chi connectivity index (χ4n) is 2.81. The fraction of sp³-hybridized carbons (Fsp3) is 0.238. The number of carbonyl (C=O) groups excluding carboxylic acids is 2. The van der Waals surface area contributed by atoms with Crippen molar-refractivity contribution in [1.82, 2.24) is 15.3 Å². The first-order valence-electron chi connectivity index (χ1n) is 8.77. The molecule has 1 atom stereocenters. The minimum absolute atomic E-state index is 0.206. The summed E-state index contributed by atoms with van der Waals surface area (Å²) in [6.07, 6.45) is 2.74. The van der Waals surface area contributed by atoms with Gasteiger partial charge >= 0.3 is 5.97 Å². The lowest BCUT2D eigenvalue weighted by Crippen LogP contribution is -2.43. The highest BCUT2D eigenvalue weighted by Gasteiger charge is 2.22. The molecule has 138 valence electrons. The molecule has 0 spiro atoms. The summed E-state index contributed by atoms with van der Waals surface area (Å²) >= 11 is 0. The van der Waals surface area contributed by atoms with Crippen LogP contribution in [-0.2, 0) is 27.2 Å². The Morgan fingerprint density at radius 2 is 1.74 bits per heavy atom. The largest absolute Gasteiger partial charge is 0.467 e. The Labute approximate surface area is 157 Å². The van der Waals surface area contributed by atoms with Gasteiger partial charge in [-0.1, -0.05) is 42.5 Å². The Kier molecular flexibility index (Phi) is 6.10. The quantitative estimate of drug-likeness (QED) is 0.652. The van der Waals surface area contributed by atoms with Crippen molar-refractivity contribution in [3.63, 3.8) is 0 Å². The van der Waals surface area contributed by atoms with E-state index >= 15 is 0 Å². The van der Waals surface area contributed by atoms with Gasteiger partial charge in [-0.3, -0.25) is 9.78 Å². The minimum Gasteiger partial charge on any atom is -0.467 e. The number of carbonyl (C=O) groups is 2. The van der Waals surface area contributed by atoms with E-state index < -0.39 is 12.0 Å². The summed E-state index contributed by atoms with van der Waals surface area (Å²) < 4.78 is 4.83. The van der Waals surface area contributed by atoms with E-state index in [4.69, 9.17) is 4.74 Å². The molecule has 27 heavy (non-hydrogen) atoms. The van der Waals surface area contributed by atoms with E-state index in [1.54, 1.807) is 6.20 Å². The van der Waals surface area contributed by atoms with Gasteiger partial charge in [-0.05, 0) is 24.1 Å². The van der Waals surface area contributed by atoms with Crippen LogP contribution in [0.1, 0.15) is 17.7 Å². The predicted molar refractivity (Wildman–Crippen MR) is 102 cm³/mol.